The molecule has 0 saturated carbocycles. The molecular weight excluding hydrogens is 333 g/mol. The number of benzene rings is 2. The zero-order valence-corrected chi connectivity index (χ0v) is 13.8. The topological polar surface area (TPSA) is 90.7 Å². The number of hydrogen-bond donors (Lipinski definition) is 2. The molecule has 2 N–H and O–H groups in total. The van der Waals surface area contributed by atoms with Crippen molar-refractivity contribution in [1.82, 2.24) is 9.97 Å². The van der Waals surface area contributed by atoms with Gasteiger partial charge in [0.15, 0.2) is 0 Å². The van der Waals surface area contributed by atoms with Gasteiger partial charge in [0.2, 0.25) is 5.95 Å². The highest BCUT2D eigenvalue weighted by molar-refractivity contribution is 6.03. The highest BCUT2D eigenvalue weighted by atomic mass is 19.1. The van der Waals surface area contributed by atoms with Crippen molar-refractivity contribution in [1.29, 1.82) is 5.26 Å². The SMILES string of the molecule is Cc1cc(C(=O)Nc2cccc(F)c2)nc(Nc2cccc(C#N)c2)n1. The van der Waals surface area contributed by atoms with Crippen LogP contribution in [0.25, 0.3) is 0 Å². The maximum absolute atomic E-state index is 13.2. The standard InChI is InChI=1S/C19H14FN5O/c1-12-8-17(18(26)23-16-7-3-5-14(20)10-16)25-19(22-12)24-15-6-2-4-13(9-15)11-21/h2-10H,1H3,(H,23,26)(H,22,24,25). The lowest BCUT2D eigenvalue weighted by Crippen LogP contribution is -2.15. The van der Waals surface area contributed by atoms with Crippen LogP contribution in [0.1, 0.15) is 21.7 Å². The number of aromatic nitrogens is 2. The average Bonchev–Trinajstić information content (AvgIpc) is 2.61. The summed E-state index contributed by atoms with van der Waals surface area (Å²) in [6, 6.07) is 16.0. The minimum absolute atomic E-state index is 0.140. The molecule has 7 heteroatoms. The van der Waals surface area contributed by atoms with E-state index in [1.54, 1.807) is 37.3 Å². The largest absolute Gasteiger partial charge is 0.324 e. The van der Waals surface area contributed by atoms with Gasteiger partial charge in [0, 0.05) is 17.1 Å². The van der Waals surface area contributed by atoms with E-state index in [2.05, 4.69) is 26.7 Å². The van der Waals surface area contributed by atoms with Gasteiger partial charge >= 0.3 is 0 Å². The van der Waals surface area contributed by atoms with Gasteiger partial charge in [-0.2, -0.15) is 5.26 Å². The van der Waals surface area contributed by atoms with Crippen LogP contribution in [0, 0.1) is 24.1 Å². The summed E-state index contributed by atoms with van der Waals surface area (Å²) >= 11 is 0. The maximum atomic E-state index is 13.2. The van der Waals surface area contributed by atoms with Crippen LogP contribution in [0.4, 0.5) is 21.7 Å². The molecule has 6 nitrogen and oxygen atoms in total. The van der Waals surface area contributed by atoms with Crippen LogP contribution >= 0.6 is 0 Å². The number of nitrogens with zero attached hydrogens (tertiary/aromatic N) is 3. The van der Waals surface area contributed by atoms with Crippen LogP contribution in [-0.2, 0) is 0 Å². The maximum Gasteiger partial charge on any atom is 0.274 e. The fraction of sp³-hybridized carbons (Fsp3) is 0.0526. The first-order valence-corrected chi connectivity index (χ1v) is 7.73. The lowest BCUT2D eigenvalue weighted by atomic mass is 10.2. The molecule has 128 valence electrons. The minimum Gasteiger partial charge on any atom is -0.324 e. The van der Waals surface area contributed by atoms with E-state index < -0.39 is 11.7 Å². The van der Waals surface area contributed by atoms with Crippen LogP contribution in [-0.4, -0.2) is 15.9 Å². The number of amides is 1. The molecule has 3 aromatic rings. The van der Waals surface area contributed by atoms with Crippen molar-refractivity contribution in [3.63, 3.8) is 0 Å². The predicted octanol–water partition coefficient (Wildman–Crippen LogP) is 3.79. The van der Waals surface area contributed by atoms with E-state index in [0.717, 1.165) is 0 Å². The molecule has 0 spiro atoms. The number of aryl methyl sites for hydroxylation is 1. The van der Waals surface area contributed by atoms with Crippen molar-refractivity contribution in [2.24, 2.45) is 0 Å². The van der Waals surface area contributed by atoms with Crippen LogP contribution in [0.3, 0.4) is 0 Å². The molecule has 0 atom stereocenters. The summed E-state index contributed by atoms with van der Waals surface area (Å²) < 4.78 is 13.2. The lowest BCUT2D eigenvalue weighted by Gasteiger charge is -2.09. The van der Waals surface area contributed by atoms with Gasteiger partial charge in [-0.15, -0.1) is 0 Å². The van der Waals surface area contributed by atoms with Gasteiger partial charge < -0.3 is 10.6 Å². The summed E-state index contributed by atoms with van der Waals surface area (Å²) in [5, 5.41) is 14.5. The van der Waals surface area contributed by atoms with Crippen LogP contribution < -0.4 is 10.6 Å². The van der Waals surface area contributed by atoms with Gasteiger partial charge in [-0.3, -0.25) is 4.79 Å². The van der Waals surface area contributed by atoms with E-state index in [-0.39, 0.29) is 11.6 Å². The van der Waals surface area contributed by atoms with Crippen molar-refractivity contribution < 1.29 is 9.18 Å². The molecule has 0 radical (unpaired) electrons. The van der Waals surface area contributed by atoms with Crippen molar-refractivity contribution in [3.05, 3.63) is 77.4 Å². The number of carbonyl (C=O) groups excluding carboxylic acids is 1. The van der Waals surface area contributed by atoms with Crippen molar-refractivity contribution in [2.75, 3.05) is 10.6 Å². The third-order valence-electron chi connectivity index (χ3n) is 3.42. The van der Waals surface area contributed by atoms with Crippen LogP contribution in [0.5, 0.6) is 0 Å². The Labute approximate surface area is 149 Å². The van der Waals surface area contributed by atoms with E-state index in [4.69, 9.17) is 5.26 Å². The molecule has 0 aliphatic heterocycles. The molecule has 0 aliphatic carbocycles. The number of nitriles is 1. The Hall–Kier alpha value is -3.79. The quantitative estimate of drug-likeness (QED) is 0.749. The average molecular weight is 347 g/mol. The molecule has 0 bridgehead atoms. The number of halogens is 1. The highest BCUT2D eigenvalue weighted by Gasteiger charge is 2.12. The molecule has 0 unspecified atom stereocenters. The Morgan fingerprint density at radius 1 is 1.08 bits per heavy atom. The molecule has 26 heavy (non-hydrogen) atoms. The number of rotatable bonds is 4. The fourth-order valence-electron chi connectivity index (χ4n) is 2.30. The van der Waals surface area contributed by atoms with Gasteiger partial charge in [0.05, 0.1) is 11.6 Å². The molecule has 0 saturated heterocycles. The van der Waals surface area contributed by atoms with E-state index in [1.807, 2.05) is 0 Å². The summed E-state index contributed by atoms with van der Waals surface area (Å²) in [5.41, 5.74) is 2.18. The first-order chi connectivity index (χ1) is 12.5. The van der Waals surface area contributed by atoms with E-state index in [1.165, 1.54) is 24.3 Å². The normalized spacial score (nSPS) is 10.0. The Morgan fingerprint density at radius 2 is 1.85 bits per heavy atom. The third-order valence-corrected chi connectivity index (χ3v) is 3.42. The van der Waals surface area contributed by atoms with Gasteiger partial charge in [-0.25, -0.2) is 14.4 Å². The predicted molar refractivity (Wildman–Crippen MR) is 95.6 cm³/mol. The first-order valence-electron chi connectivity index (χ1n) is 7.73. The summed E-state index contributed by atoms with van der Waals surface area (Å²) in [7, 11) is 0. The van der Waals surface area contributed by atoms with E-state index >= 15 is 0 Å². The lowest BCUT2D eigenvalue weighted by molar-refractivity contribution is 0.102. The minimum atomic E-state index is -0.477. The third kappa shape index (κ3) is 4.19. The summed E-state index contributed by atoms with van der Waals surface area (Å²) in [5.74, 6) is -0.694. The van der Waals surface area contributed by atoms with Crippen LogP contribution in [0.15, 0.2) is 54.6 Å². The van der Waals surface area contributed by atoms with E-state index in [0.29, 0.717) is 22.6 Å². The smallest absolute Gasteiger partial charge is 0.274 e. The summed E-state index contributed by atoms with van der Waals surface area (Å²) in [4.78, 5) is 20.8. The second-order valence-electron chi connectivity index (χ2n) is 5.50. The molecule has 1 aromatic heterocycles. The number of hydrogen-bond acceptors (Lipinski definition) is 5. The van der Waals surface area contributed by atoms with E-state index in [9.17, 15) is 9.18 Å². The van der Waals surface area contributed by atoms with Gasteiger partial charge in [-0.05, 0) is 49.4 Å². The van der Waals surface area contributed by atoms with Gasteiger partial charge in [0.1, 0.15) is 11.5 Å². The Balaban J connectivity index is 1.82. The fourth-order valence-corrected chi connectivity index (χ4v) is 2.30. The van der Waals surface area contributed by atoms with Crippen molar-refractivity contribution >= 4 is 23.2 Å². The zero-order chi connectivity index (χ0) is 18.5. The number of carbonyl (C=O) groups is 1. The monoisotopic (exact) mass is 347 g/mol. The Kier molecular flexibility index (Phi) is 4.85. The molecule has 1 amide bonds. The van der Waals surface area contributed by atoms with Crippen molar-refractivity contribution in [3.8, 4) is 6.07 Å². The molecular formula is C19H14FN5O. The van der Waals surface area contributed by atoms with Crippen LogP contribution in [0.2, 0.25) is 0 Å². The molecule has 0 fully saturated rings. The molecule has 1 heterocycles. The zero-order valence-electron chi connectivity index (χ0n) is 13.8. The number of anilines is 3. The van der Waals surface area contributed by atoms with Gasteiger partial charge in [0.25, 0.3) is 5.91 Å². The summed E-state index contributed by atoms with van der Waals surface area (Å²) in [6.45, 7) is 1.73. The molecule has 2 aromatic carbocycles. The second kappa shape index (κ2) is 7.40. The number of nitrogens with one attached hydrogen (secondary N) is 2. The van der Waals surface area contributed by atoms with Gasteiger partial charge in [-0.1, -0.05) is 12.1 Å². The Bertz CT molecular complexity index is 1010. The summed E-state index contributed by atoms with van der Waals surface area (Å²) in [6.07, 6.45) is 0. The highest BCUT2D eigenvalue weighted by Crippen LogP contribution is 2.16. The second-order valence-corrected chi connectivity index (χ2v) is 5.50. The van der Waals surface area contributed by atoms with Crippen molar-refractivity contribution in [2.45, 2.75) is 6.92 Å². The first kappa shape index (κ1) is 17.0. The molecule has 0 aliphatic rings. The molecule has 3 rings (SSSR count). The Morgan fingerprint density at radius 3 is 2.62 bits per heavy atom.